The van der Waals surface area contributed by atoms with Gasteiger partial charge in [0.1, 0.15) is 12.4 Å². The molecule has 0 fully saturated rings. The number of nitrogens with zero attached hydrogens (tertiary/aromatic N) is 1. The maximum Gasteiger partial charge on any atom is 0.315 e. The third-order valence-corrected chi connectivity index (χ3v) is 2.39. The second kappa shape index (κ2) is 5.98. The van der Waals surface area contributed by atoms with Gasteiger partial charge in [-0.2, -0.15) is 0 Å². The number of hydrogen-bond acceptors (Lipinski definition) is 3. The Kier molecular flexibility index (Phi) is 4.63. The van der Waals surface area contributed by atoms with Gasteiger partial charge < -0.3 is 21.1 Å². The van der Waals surface area contributed by atoms with Crippen LogP contribution in [0.5, 0.6) is 5.75 Å². The molecule has 2 amide bonds. The normalized spacial score (nSPS) is 10.3. The molecule has 4 N–H and O–H groups in total. The molecule has 94 valence electrons. The second-order valence-electron chi connectivity index (χ2n) is 4.04. The standard InChI is InChI=1S/C12H19N3O2/c1-9(2)15(12(14)16)7-8-17-11-5-3-10(13)4-6-11/h3-6,9H,7-8,13H2,1-2H3,(H2,14,16). The predicted molar refractivity (Wildman–Crippen MR) is 67.8 cm³/mol. The van der Waals surface area contributed by atoms with E-state index in [9.17, 15) is 4.79 Å². The van der Waals surface area contributed by atoms with Crippen LogP contribution >= 0.6 is 0 Å². The van der Waals surface area contributed by atoms with E-state index in [-0.39, 0.29) is 6.04 Å². The highest BCUT2D eigenvalue weighted by molar-refractivity contribution is 5.72. The molecule has 1 rings (SSSR count). The maximum absolute atomic E-state index is 11.1. The Hall–Kier alpha value is -1.91. The van der Waals surface area contributed by atoms with E-state index in [2.05, 4.69) is 0 Å². The minimum absolute atomic E-state index is 0.0718. The number of rotatable bonds is 5. The van der Waals surface area contributed by atoms with Gasteiger partial charge in [0.05, 0.1) is 6.54 Å². The summed E-state index contributed by atoms with van der Waals surface area (Å²) in [5.41, 5.74) is 11.5. The van der Waals surface area contributed by atoms with Gasteiger partial charge in [-0.25, -0.2) is 4.79 Å². The van der Waals surface area contributed by atoms with E-state index in [4.69, 9.17) is 16.2 Å². The van der Waals surface area contributed by atoms with Crippen molar-refractivity contribution in [2.75, 3.05) is 18.9 Å². The number of carbonyl (C=O) groups excluding carboxylic acids is 1. The van der Waals surface area contributed by atoms with E-state index in [1.807, 2.05) is 13.8 Å². The zero-order valence-electron chi connectivity index (χ0n) is 10.2. The number of primary amides is 1. The van der Waals surface area contributed by atoms with Gasteiger partial charge in [0, 0.05) is 11.7 Å². The van der Waals surface area contributed by atoms with Crippen LogP contribution in [-0.2, 0) is 0 Å². The van der Waals surface area contributed by atoms with E-state index in [1.54, 1.807) is 29.2 Å². The first-order chi connectivity index (χ1) is 8.00. The highest BCUT2D eigenvalue weighted by Crippen LogP contribution is 2.13. The molecule has 0 aliphatic heterocycles. The molecule has 0 unspecified atom stereocenters. The van der Waals surface area contributed by atoms with E-state index in [0.29, 0.717) is 18.8 Å². The van der Waals surface area contributed by atoms with Gasteiger partial charge in [-0.15, -0.1) is 0 Å². The molecule has 0 radical (unpaired) electrons. The fourth-order valence-electron chi connectivity index (χ4n) is 1.45. The summed E-state index contributed by atoms with van der Waals surface area (Å²) in [6, 6.07) is 6.76. The topological polar surface area (TPSA) is 81.6 Å². The largest absolute Gasteiger partial charge is 0.492 e. The summed E-state index contributed by atoms with van der Waals surface area (Å²) in [7, 11) is 0. The molecule has 0 aromatic heterocycles. The Balaban J connectivity index is 2.41. The zero-order chi connectivity index (χ0) is 12.8. The number of benzene rings is 1. The highest BCUT2D eigenvalue weighted by Gasteiger charge is 2.12. The number of urea groups is 1. The number of anilines is 1. The SMILES string of the molecule is CC(C)N(CCOc1ccc(N)cc1)C(N)=O. The van der Waals surface area contributed by atoms with Crippen LogP contribution in [0.1, 0.15) is 13.8 Å². The Morgan fingerprint density at radius 1 is 1.35 bits per heavy atom. The number of ether oxygens (including phenoxy) is 1. The molecule has 0 heterocycles. The lowest BCUT2D eigenvalue weighted by Gasteiger charge is -2.24. The van der Waals surface area contributed by atoms with E-state index < -0.39 is 6.03 Å². The first kappa shape index (κ1) is 13.2. The van der Waals surface area contributed by atoms with Crippen LogP contribution in [0.2, 0.25) is 0 Å². The molecule has 0 saturated heterocycles. The van der Waals surface area contributed by atoms with Crippen molar-refractivity contribution in [2.24, 2.45) is 5.73 Å². The maximum atomic E-state index is 11.1. The molecule has 5 nitrogen and oxygen atoms in total. The molecule has 5 heteroatoms. The van der Waals surface area contributed by atoms with Crippen LogP contribution in [0.4, 0.5) is 10.5 Å². The number of amides is 2. The van der Waals surface area contributed by atoms with Crippen molar-refractivity contribution in [3.63, 3.8) is 0 Å². The van der Waals surface area contributed by atoms with Crippen LogP contribution in [0.25, 0.3) is 0 Å². The Labute approximate surface area is 101 Å². The van der Waals surface area contributed by atoms with Crippen LogP contribution in [-0.4, -0.2) is 30.1 Å². The van der Waals surface area contributed by atoms with Crippen molar-refractivity contribution >= 4 is 11.7 Å². The average Bonchev–Trinajstić information content (AvgIpc) is 2.25. The van der Waals surface area contributed by atoms with E-state index in [1.165, 1.54) is 0 Å². The van der Waals surface area contributed by atoms with Crippen molar-refractivity contribution in [3.05, 3.63) is 24.3 Å². The first-order valence-corrected chi connectivity index (χ1v) is 5.55. The van der Waals surface area contributed by atoms with Gasteiger partial charge >= 0.3 is 6.03 Å². The molecule has 0 aliphatic rings. The van der Waals surface area contributed by atoms with E-state index in [0.717, 1.165) is 5.75 Å². The van der Waals surface area contributed by atoms with Gasteiger partial charge in [-0.3, -0.25) is 0 Å². The molecule has 0 atom stereocenters. The summed E-state index contributed by atoms with van der Waals surface area (Å²) in [6.45, 7) is 4.70. The molecule has 1 aromatic rings. The molecule has 0 aliphatic carbocycles. The van der Waals surface area contributed by atoms with Crippen molar-refractivity contribution in [1.82, 2.24) is 4.90 Å². The van der Waals surface area contributed by atoms with Crippen molar-refractivity contribution < 1.29 is 9.53 Å². The number of carbonyl (C=O) groups is 1. The molecular formula is C12H19N3O2. The fraction of sp³-hybridized carbons (Fsp3) is 0.417. The minimum atomic E-state index is -0.430. The first-order valence-electron chi connectivity index (χ1n) is 5.55. The molecule has 0 spiro atoms. The van der Waals surface area contributed by atoms with Crippen molar-refractivity contribution in [3.8, 4) is 5.75 Å². The summed E-state index contributed by atoms with van der Waals surface area (Å²) in [5, 5.41) is 0. The van der Waals surface area contributed by atoms with Gasteiger partial charge in [0.15, 0.2) is 0 Å². The minimum Gasteiger partial charge on any atom is -0.492 e. The average molecular weight is 237 g/mol. The lowest BCUT2D eigenvalue weighted by molar-refractivity contribution is 0.174. The molecule has 0 bridgehead atoms. The molecular weight excluding hydrogens is 218 g/mol. The second-order valence-corrected chi connectivity index (χ2v) is 4.04. The van der Waals surface area contributed by atoms with Crippen LogP contribution in [0, 0.1) is 0 Å². The summed E-state index contributed by atoms with van der Waals surface area (Å²) >= 11 is 0. The van der Waals surface area contributed by atoms with Gasteiger partial charge in [-0.1, -0.05) is 0 Å². The van der Waals surface area contributed by atoms with Crippen LogP contribution in [0.15, 0.2) is 24.3 Å². The third kappa shape index (κ3) is 4.22. The number of hydrogen-bond donors (Lipinski definition) is 2. The smallest absolute Gasteiger partial charge is 0.315 e. The van der Waals surface area contributed by atoms with Gasteiger partial charge in [0.2, 0.25) is 0 Å². The monoisotopic (exact) mass is 237 g/mol. The summed E-state index contributed by atoms with van der Waals surface area (Å²) in [4.78, 5) is 12.7. The molecule has 17 heavy (non-hydrogen) atoms. The van der Waals surface area contributed by atoms with E-state index >= 15 is 0 Å². The number of nitrogens with two attached hydrogens (primary N) is 2. The van der Waals surface area contributed by atoms with Crippen molar-refractivity contribution in [2.45, 2.75) is 19.9 Å². The molecule has 0 saturated carbocycles. The fourth-order valence-corrected chi connectivity index (χ4v) is 1.45. The summed E-state index contributed by atoms with van der Waals surface area (Å²) < 4.78 is 5.49. The zero-order valence-corrected chi connectivity index (χ0v) is 10.2. The van der Waals surface area contributed by atoms with Crippen LogP contribution < -0.4 is 16.2 Å². The van der Waals surface area contributed by atoms with Gasteiger partial charge in [-0.05, 0) is 38.1 Å². The lowest BCUT2D eigenvalue weighted by atomic mass is 10.3. The Morgan fingerprint density at radius 3 is 2.41 bits per heavy atom. The Bertz CT molecular complexity index is 363. The van der Waals surface area contributed by atoms with Gasteiger partial charge in [0.25, 0.3) is 0 Å². The summed E-state index contributed by atoms with van der Waals surface area (Å²) in [5.74, 6) is 0.729. The van der Waals surface area contributed by atoms with Crippen LogP contribution in [0.3, 0.4) is 0 Å². The van der Waals surface area contributed by atoms with Crippen molar-refractivity contribution in [1.29, 1.82) is 0 Å². The third-order valence-electron chi connectivity index (χ3n) is 2.39. The quantitative estimate of drug-likeness (QED) is 0.760. The lowest BCUT2D eigenvalue weighted by Crippen LogP contribution is -2.43. The molecule has 1 aromatic carbocycles. The predicted octanol–water partition coefficient (Wildman–Crippen LogP) is 1.44. The number of nitrogen functional groups attached to an aromatic ring is 1. The Morgan fingerprint density at radius 2 is 1.94 bits per heavy atom. The summed E-state index contributed by atoms with van der Waals surface area (Å²) in [6.07, 6.45) is 0. The highest BCUT2D eigenvalue weighted by atomic mass is 16.5.